The smallest absolute Gasteiger partial charge is 0.0220 e. The zero-order valence-electron chi connectivity index (χ0n) is 13.6. The van der Waals surface area contributed by atoms with Crippen molar-refractivity contribution in [2.75, 3.05) is 46.8 Å². The van der Waals surface area contributed by atoms with Gasteiger partial charge in [0.05, 0.1) is 0 Å². The minimum atomic E-state index is 0.761. The number of nitrogens with zero attached hydrogens (tertiary/aromatic N) is 2. The van der Waals surface area contributed by atoms with E-state index in [2.05, 4.69) is 43.1 Å². The van der Waals surface area contributed by atoms with Crippen LogP contribution >= 0.6 is 0 Å². The quantitative estimate of drug-likeness (QED) is 0.649. The Morgan fingerprint density at radius 3 is 2.37 bits per heavy atom. The molecule has 0 aromatic carbocycles. The van der Waals surface area contributed by atoms with Crippen molar-refractivity contribution >= 4 is 0 Å². The van der Waals surface area contributed by atoms with Crippen molar-refractivity contribution in [1.29, 1.82) is 0 Å². The van der Waals surface area contributed by atoms with Crippen molar-refractivity contribution in [1.82, 2.24) is 15.1 Å². The summed E-state index contributed by atoms with van der Waals surface area (Å²) in [5.74, 6) is 0.914. The minimum Gasteiger partial charge on any atom is -0.315 e. The summed E-state index contributed by atoms with van der Waals surface area (Å²) in [5.41, 5.74) is 0. The third-order valence-electron chi connectivity index (χ3n) is 4.22. The van der Waals surface area contributed by atoms with E-state index in [0.717, 1.165) is 18.5 Å². The molecule has 0 amide bonds. The lowest BCUT2D eigenvalue weighted by atomic mass is 9.94. The molecule has 1 aliphatic rings. The lowest BCUT2D eigenvalue weighted by Crippen LogP contribution is -2.47. The first kappa shape index (κ1) is 16.9. The highest BCUT2D eigenvalue weighted by Crippen LogP contribution is 2.20. The molecular formula is C16H35N3. The van der Waals surface area contributed by atoms with E-state index in [1.807, 2.05) is 0 Å². The normalized spacial score (nSPS) is 20.1. The van der Waals surface area contributed by atoms with E-state index >= 15 is 0 Å². The van der Waals surface area contributed by atoms with Gasteiger partial charge in [-0.05, 0) is 65.3 Å². The van der Waals surface area contributed by atoms with E-state index in [1.54, 1.807) is 0 Å². The molecular weight excluding hydrogens is 234 g/mol. The predicted octanol–water partition coefficient (Wildman–Crippen LogP) is 2.43. The molecule has 1 N–H and O–H groups in total. The maximum Gasteiger partial charge on any atom is 0.0220 e. The fraction of sp³-hybridized carbons (Fsp3) is 1.00. The minimum absolute atomic E-state index is 0.761. The first-order valence-corrected chi connectivity index (χ1v) is 8.26. The highest BCUT2D eigenvalue weighted by Gasteiger charge is 2.24. The first-order valence-electron chi connectivity index (χ1n) is 8.26. The molecule has 1 saturated heterocycles. The van der Waals surface area contributed by atoms with Gasteiger partial charge in [0, 0.05) is 19.1 Å². The number of hydrogen-bond donors (Lipinski definition) is 1. The fourth-order valence-electron chi connectivity index (χ4n) is 3.21. The molecule has 1 atom stereocenters. The van der Waals surface area contributed by atoms with Crippen LogP contribution in [0.1, 0.15) is 46.0 Å². The summed E-state index contributed by atoms with van der Waals surface area (Å²) in [7, 11) is 4.39. The van der Waals surface area contributed by atoms with Crippen molar-refractivity contribution < 1.29 is 0 Å². The lowest BCUT2D eigenvalue weighted by molar-refractivity contribution is 0.113. The van der Waals surface area contributed by atoms with Crippen LogP contribution in [0.3, 0.4) is 0 Å². The Morgan fingerprint density at radius 1 is 1.16 bits per heavy atom. The van der Waals surface area contributed by atoms with E-state index in [-0.39, 0.29) is 0 Å². The molecule has 19 heavy (non-hydrogen) atoms. The van der Waals surface area contributed by atoms with E-state index < -0.39 is 0 Å². The lowest BCUT2D eigenvalue weighted by Gasteiger charge is -2.38. The van der Waals surface area contributed by atoms with Gasteiger partial charge in [-0.1, -0.05) is 20.3 Å². The van der Waals surface area contributed by atoms with Gasteiger partial charge in [0.2, 0.25) is 0 Å². The molecule has 3 nitrogen and oxygen atoms in total. The monoisotopic (exact) mass is 269 g/mol. The summed E-state index contributed by atoms with van der Waals surface area (Å²) in [5, 5.41) is 3.61. The SMILES string of the molecule is CCCNCC(CCC)N1CCC(CN(C)C)CC1. The van der Waals surface area contributed by atoms with Crippen LogP contribution in [0.4, 0.5) is 0 Å². The summed E-state index contributed by atoms with van der Waals surface area (Å²) in [6.07, 6.45) is 6.65. The van der Waals surface area contributed by atoms with Crippen LogP contribution in [-0.4, -0.2) is 62.7 Å². The van der Waals surface area contributed by atoms with Crippen LogP contribution in [0.15, 0.2) is 0 Å². The van der Waals surface area contributed by atoms with Crippen LogP contribution in [0.5, 0.6) is 0 Å². The number of piperidine rings is 1. The van der Waals surface area contributed by atoms with Crippen LogP contribution in [0.2, 0.25) is 0 Å². The molecule has 0 aromatic heterocycles. The van der Waals surface area contributed by atoms with Gasteiger partial charge in [-0.2, -0.15) is 0 Å². The Morgan fingerprint density at radius 2 is 1.84 bits per heavy atom. The van der Waals surface area contributed by atoms with Crippen molar-refractivity contribution in [3.05, 3.63) is 0 Å². The van der Waals surface area contributed by atoms with Gasteiger partial charge in [-0.3, -0.25) is 4.90 Å². The number of hydrogen-bond acceptors (Lipinski definition) is 3. The van der Waals surface area contributed by atoms with Gasteiger partial charge >= 0.3 is 0 Å². The van der Waals surface area contributed by atoms with Gasteiger partial charge in [-0.25, -0.2) is 0 Å². The molecule has 0 saturated carbocycles. The van der Waals surface area contributed by atoms with Crippen LogP contribution in [0, 0.1) is 5.92 Å². The molecule has 114 valence electrons. The third-order valence-corrected chi connectivity index (χ3v) is 4.22. The summed E-state index contributed by atoms with van der Waals surface area (Å²) in [4.78, 5) is 5.07. The zero-order valence-corrected chi connectivity index (χ0v) is 13.6. The number of nitrogens with one attached hydrogen (secondary N) is 1. The topological polar surface area (TPSA) is 18.5 Å². The molecule has 0 bridgehead atoms. The Hall–Kier alpha value is -0.120. The second kappa shape index (κ2) is 9.73. The van der Waals surface area contributed by atoms with Gasteiger partial charge in [-0.15, -0.1) is 0 Å². The molecule has 0 spiro atoms. The molecule has 1 rings (SSSR count). The average molecular weight is 269 g/mol. The molecule has 1 unspecified atom stereocenters. The Bertz CT molecular complexity index is 210. The highest BCUT2D eigenvalue weighted by molar-refractivity contribution is 4.80. The van der Waals surface area contributed by atoms with Crippen LogP contribution in [-0.2, 0) is 0 Å². The van der Waals surface area contributed by atoms with E-state index in [0.29, 0.717) is 0 Å². The third kappa shape index (κ3) is 6.73. The summed E-state index contributed by atoms with van der Waals surface area (Å²) in [6.45, 7) is 10.8. The molecule has 1 fully saturated rings. The Labute approximate surface area is 120 Å². The van der Waals surface area contributed by atoms with Crippen molar-refractivity contribution in [3.8, 4) is 0 Å². The molecule has 3 heteroatoms. The second-order valence-corrected chi connectivity index (χ2v) is 6.39. The summed E-state index contributed by atoms with van der Waals surface area (Å²) >= 11 is 0. The second-order valence-electron chi connectivity index (χ2n) is 6.39. The van der Waals surface area contributed by atoms with Gasteiger partial charge in [0.15, 0.2) is 0 Å². The Kier molecular flexibility index (Phi) is 8.67. The van der Waals surface area contributed by atoms with Crippen LogP contribution < -0.4 is 5.32 Å². The molecule has 0 aliphatic carbocycles. The molecule has 0 radical (unpaired) electrons. The van der Waals surface area contributed by atoms with Gasteiger partial charge in [0.25, 0.3) is 0 Å². The molecule has 0 aromatic rings. The molecule has 1 aliphatic heterocycles. The van der Waals surface area contributed by atoms with Crippen molar-refractivity contribution in [2.45, 2.75) is 52.0 Å². The standard InChI is InChI=1S/C16H35N3/c1-5-7-16(13-17-10-6-2)19-11-8-15(9-12-19)14-18(3)4/h15-17H,5-14H2,1-4H3. The fourth-order valence-corrected chi connectivity index (χ4v) is 3.21. The number of likely N-dealkylation sites (tertiary alicyclic amines) is 1. The maximum absolute atomic E-state index is 3.61. The first-order chi connectivity index (χ1) is 9.17. The van der Waals surface area contributed by atoms with Crippen LogP contribution in [0.25, 0.3) is 0 Å². The van der Waals surface area contributed by atoms with E-state index in [1.165, 1.54) is 58.3 Å². The predicted molar refractivity (Wildman–Crippen MR) is 84.7 cm³/mol. The van der Waals surface area contributed by atoms with Gasteiger partial charge in [0.1, 0.15) is 0 Å². The average Bonchev–Trinajstić information content (AvgIpc) is 2.38. The maximum atomic E-state index is 3.61. The van der Waals surface area contributed by atoms with E-state index in [9.17, 15) is 0 Å². The van der Waals surface area contributed by atoms with Crippen molar-refractivity contribution in [2.24, 2.45) is 5.92 Å². The Balaban J connectivity index is 2.32. The molecule has 1 heterocycles. The largest absolute Gasteiger partial charge is 0.315 e. The van der Waals surface area contributed by atoms with Gasteiger partial charge < -0.3 is 10.2 Å². The highest BCUT2D eigenvalue weighted by atomic mass is 15.2. The van der Waals surface area contributed by atoms with E-state index in [4.69, 9.17) is 0 Å². The summed E-state index contributed by atoms with van der Waals surface area (Å²) in [6, 6.07) is 0.761. The zero-order chi connectivity index (χ0) is 14.1. The van der Waals surface area contributed by atoms with Crippen molar-refractivity contribution in [3.63, 3.8) is 0 Å². The summed E-state index contributed by atoms with van der Waals surface area (Å²) < 4.78 is 0. The number of rotatable bonds is 9.